The van der Waals surface area contributed by atoms with Crippen molar-refractivity contribution < 1.29 is 0 Å². The summed E-state index contributed by atoms with van der Waals surface area (Å²) in [5.41, 5.74) is 3.29. The topological polar surface area (TPSA) is 78.9 Å². The van der Waals surface area contributed by atoms with Crippen LogP contribution >= 0.6 is 11.6 Å². The lowest BCUT2D eigenvalue weighted by atomic mass is 10.2. The van der Waals surface area contributed by atoms with Gasteiger partial charge in [0.15, 0.2) is 0 Å². The van der Waals surface area contributed by atoms with E-state index in [2.05, 4.69) is 28.2 Å². The molecule has 2 heterocycles. The number of hydrogen-bond donors (Lipinski definition) is 1. The summed E-state index contributed by atoms with van der Waals surface area (Å²) in [7, 11) is 5.82. The zero-order chi connectivity index (χ0) is 20.4. The number of likely N-dealkylation sites (N-methyl/N-ethyl adjacent to an activating group) is 1. The second kappa shape index (κ2) is 8.05. The summed E-state index contributed by atoms with van der Waals surface area (Å²) in [6.07, 6.45) is 2.49. The number of hydrogen-bond acceptors (Lipinski definition) is 5. The first-order valence-corrected chi connectivity index (χ1v) is 9.42. The van der Waals surface area contributed by atoms with Crippen LogP contribution in [0, 0.1) is 11.3 Å². The fourth-order valence-electron chi connectivity index (χ4n) is 3.34. The Labute approximate surface area is 168 Å². The van der Waals surface area contributed by atoms with Crippen LogP contribution in [0.15, 0.2) is 35.3 Å². The van der Waals surface area contributed by atoms with Crippen LogP contribution < -0.4 is 11.0 Å². The Morgan fingerprint density at radius 3 is 2.71 bits per heavy atom. The fraction of sp³-hybridized carbons (Fsp3) is 0.350. The Morgan fingerprint density at radius 2 is 2.07 bits per heavy atom. The molecule has 1 N–H and O–H groups in total. The van der Waals surface area contributed by atoms with Gasteiger partial charge in [-0.25, -0.2) is 9.78 Å². The van der Waals surface area contributed by atoms with Gasteiger partial charge in [0.05, 0.1) is 16.7 Å². The van der Waals surface area contributed by atoms with E-state index in [1.165, 1.54) is 0 Å². The summed E-state index contributed by atoms with van der Waals surface area (Å²) in [6, 6.07) is 9.73. The van der Waals surface area contributed by atoms with E-state index >= 15 is 0 Å². The molecule has 8 heteroatoms. The molecule has 0 fully saturated rings. The zero-order valence-corrected chi connectivity index (χ0v) is 17.2. The predicted octanol–water partition coefficient (Wildman–Crippen LogP) is 3.34. The average molecular weight is 399 g/mol. The molecule has 28 heavy (non-hydrogen) atoms. The predicted molar refractivity (Wildman–Crippen MR) is 112 cm³/mol. The Bertz CT molecular complexity index is 1110. The van der Waals surface area contributed by atoms with Crippen molar-refractivity contribution in [3.05, 3.63) is 51.7 Å². The van der Waals surface area contributed by atoms with E-state index in [-0.39, 0.29) is 22.4 Å². The molecular formula is C20H23ClN6O. The lowest BCUT2D eigenvalue weighted by Crippen LogP contribution is -2.35. The lowest BCUT2D eigenvalue weighted by molar-refractivity contribution is 0.257. The maximum Gasteiger partial charge on any atom is 0.328 e. The van der Waals surface area contributed by atoms with Gasteiger partial charge in [0.1, 0.15) is 16.8 Å². The van der Waals surface area contributed by atoms with Crippen molar-refractivity contribution >= 4 is 34.0 Å². The highest BCUT2D eigenvalue weighted by Crippen LogP contribution is 2.26. The molecule has 1 aromatic carbocycles. The van der Waals surface area contributed by atoms with Gasteiger partial charge in [0, 0.05) is 31.5 Å². The smallest absolute Gasteiger partial charge is 0.328 e. The fourth-order valence-corrected chi connectivity index (χ4v) is 3.54. The second-order valence-corrected chi connectivity index (χ2v) is 7.30. The molecule has 0 bridgehead atoms. The third-order valence-corrected chi connectivity index (χ3v) is 5.32. The summed E-state index contributed by atoms with van der Waals surface area (Å²) in [5.74, 6) is 0. The number of aromatic nitrogens is 3. The monoisotopic (exact) mass is 398 g/mol. The molecule has 146 valence electrons. The summed E-state index contributed by atoms with van der Waals surface area (Å²) in [6.45, 7) is 2.72. The highest BCUT2D eigenvalue weighted by Gasteiger charge is 2.17. The normalized spacial score (nSPS) is 12.3. The minimum absolute atomic E-state index is 0.0443. The number of anilines is 2. The molecule has 3 rings (SSSR count). The Kier molecular flexibility index (Phi) is 5.73. The number of aryl methyl sites for hydroxylation is 1. The van der Waals surface area contributed by atoms with Crippen LogP contribution in [-0.4, -0.2) is 39.2 Å². The summed E-state index contributed by atoms with van der Waals surface area (Å²) in [4.78, 5) is 18.9. The highest BCUT2D eigenvalue weighted by atomic mass is 35.5. The molecule has 1 unspecified atom stereocenters. The zero-order valence-electron chi connectivity index (χ0n) is 16.4. The van der Waals surface area contributed by atoms with Crippen LogP contribution in [0.1, 0.15) is 18.9 Å². The van der Waals surface area contributed by atoms with Crippen molar-refractivity contribution in [1.29, 1.82) is 5.26 Å². The highest BCUT2D eigenvalue weighted by molar-refractivity contribution is 6.31. The van der Waals surface area contributed by atoms with E-state index in [0.717, 1.165) is 23.1 Å². The van der Waals surface area contributed by atoms with Crippen molar-refractivity contribution in [3.63, 3.8) is 0 Å². The van der Waals surface area contributed by atoms with Gasteiger partial charge in [-0.2, -0.15) is 5.26 Å². The van der Waals surface area contributed by atoms with Gasteiger partial charge in [-0.05, 0) is 44.8 Å². The van der Waals surface area contributed by atoms with Crippen LogP contribution in [0.25, 0.3) is 11.0 Å². The van der Waals surface area contributed by atoms with E-state index < -0.39 is 0 Å². The minimum atomic E-state index is -0.0443. The largest absolute Gasteiger partial charge is 0.354 e. The van der Waals surface area contributed by atoms with Crippen molar-refractivity contribution in [1.82, 2.24) is 19.0 Å². The molecule has 0 spiro atoms. The number of nitrogens with one attached hydrogen (secondary N) is 1. The number of halogens is 1. The van der Waals surface area contributed by atoms with Crippen LogP contribution in [0.2, 0.25) is 5.15 Å². The van der Waals surface area contributed by atoms with E-state index in [4.69, 9.17) is 11.6 Å². The van der Waals surface area contributed by atoms with Gasteiger partial charge in [-0.1, -0.05) is 18.5 Å². The van der Waals surface area contributed by atoms with E-state index in [1.807, 2.05) is 32.3 Å². The molecule has 0 saturated heterocycles. The molecule has 3 aromatic rings. The van der Waals surface area contributed by atoms with Crippen molar-refractivity contribution in [2.24, 2.45) is 7.05 Å². The van der Waals surface area contributed by atoms with E-state index in [1.54, 1.807) is 28.4 Å². The molecule has 0 aliphatic heterocycles. The number of nitriles is 1. The number of imidazole rings is 1. The maximum atomic E-state index is 12.8. The van der Waals surface area contributed by atoms with E-state index in [9.17, 15) is 10.1 Å². The van der Waals surface area contributed by atoms with E-state index in [0.29, 0.717) is 12.2 Å². The van der Waals surface area contributed by atoms with Crippen LogP contribution in [0.3, 0.4) is 0 Å². The quantitative estimate of drug-likeness (QED) is 0.644. The summed E-state index contributed by atoms with van der Waals surface area (Å²) >= 11 is 6.02. The van der Waals surface area contributed by atoms with Gasteiger partial charge < -0.3 is 10.2 Å². The molecule has 1 atom stereocenters. The van der Waals surface area contributed by atoms with Crippen LogP contribution in [0.5, 0.6) is 0 Å². The Balaban J connectivity index is 2.06. The maximum absolute atomic E-state index is 12.8. The molecule has 0 amide bonds. The number of nitrogens with zero attached hydrogens (tertiary/aromatic N) is 5. The number of benzene rings is 1. The van der Waals surface area contributed by atoms with Crippen molar-refractivity contribution in [2.45, 2.75) is 25.9 Å². The van der Waals surface area contributed by atoms with Crippen molar-refractivity contribution in [2.75, 3.05) is 19.4 Å². The second-order valence-electron chi connectivity index (χ2n) is 6.94. The summed E-state index contributed by atoms with van der Waals surface area (Å²) < 4.78 is 3.46. The van der Waals surface area contributed by atoms with Gasteiger partial charge in [-0.3, -0.25) is 9.13 Å². The molecule has 2 aromatic heterocycles. The first-order valence-electron chi connectivity index (χ1n) is 9.04. The van der Waals surface area contributed by atoms with Crippen molar-refractivity contribution in [3.8, 4) is 6.07 Å². The standard InChI is InChI=1S/C20H23ClN6O/c1-5-14(25(2)3)12-27-18-10-13(6-7-17(18)26(4)20(27)28)24-16-8-9-23-19(21)15(16)11-22/h6-10,14H,5,12H2,1-4H3,(H,23,24). The Hall–Kier alpha value is -2.82. The third-order valence-electron chi connectivity index (χ3n) is 5.04. The molecule has 7 nitrogen and oxygen atoms in total. The van der Waals surface area contributed by atoms with Gasteiger partial charge in [0.2, 0.25) is 0 Å². The number of rotatable bonds is 6. The average Bonchev–Trinajstić information content (AvgIpc) is 2.90. The van der Waals surface area contributed by atoms with Gasteiger partial charge >= 0.3 is 5.69 Å². The Morgan fingerprint density at radius 1 is 1.32 bits per heavy atom. The molecule has 0 aliphatic carbocycles. The van der Waals surface area contributed by atoms with Crippen LogP contribution in [-0.2, 0) is 13.6 Å². The van der Waals surface area contributed by atoms with Gasteiger partial charge in [0.25, 0.3) is 0 Å². The summed E-state index contributed by atoms with van der Waals surface area (Å²) in [5, 5.41) is 12.7. The SMILES string of the molecule is CCC(Cn1c(=O)n(C)c2ccc(Nc3ccnc(Cl)c3C#N)cc21)N(C)C. The molecule has 0 saturated carbocycles. The molecule has 0 aliphatic rings. The minimum Gasteiger partial charge on any atom is -0.354 e. The van der Waals surface area contributed by atoms with Crippen LogP contribution in [0.4, 0.5) is 11.4 Å². The molecular weight excluding hydrogens is 376 g/mol. The molecule has 0 radical (unpaired) electrons. The van der Waals surface area contributed by atoms with Gasteiger partial charge in [-0.15, -0.1) is 0 Å². The number of fused-ring (bicyclic) bond motifs is 1. The third kappa shape index (κ3) is 3.61. The first-order chi connectivity index (χ1) is 13.4. The number of pyridine rings is 1. The lowest BCUT2D eigenvalue weighted by Gasteiger charge is -2.23. The first kappa shape index (κ1) is 19.9.